The van der Waals surface area contributed by atoms with E-state index in [9.17, 15) is 4.39 Å². The van der Waals surface area contributed by atoms with Crippen molar-refractivity contribution in [3.05, 3.63) is 96.8 Å². The fourth-order valence-electron chi connectivity index (χ4n) is 2.64. The second-order valence-corrected chi connectivity index (χ2v) is 6.71. The lowest BCUT2D eigenvalue weighted by atomic mass is 10.1. The molecule has 1 aromatic heterocycles. The molecule has 0 unspecified atom stereocenters. The van der Waals surface area contributed by atoms with E-state index < -0.39 is 0 Å². The average molecular weight is 346 g/mol. The average Bonchev–Trinajstić information content (AvgIpc) is 3.07. The van der Waals surface area contributed by atoms with E-state index in [1.165, 1.54) is 23.9 Å². The summed E-state index contributed by atoms with van der Waals surface area (Å²) in [6.45, 7) is 0. The molecule has 25 heavy (non-hydrogen) atoms. The van der Waals surface area contributed by atoms with Crippen molar-refractivity contribution >= 4 is 11.8 Å². The highest BCUT2D eigenvalue weighted by Gasteiger charge is 2.15. The molecule has 0 N–H and O–H groups in total. The Hall–Kier alpha value is -2.78. The lowest BCUT2D eigenvalue weighted by molar-refractivity contribution is 0.592. The van der Waals surface area contributed by atoms with Crippen molar-refractivity contribution in [1.29, 1.82) is 0 Å². The lowest BCUT2D eigenvalue weighted by Crippen LogP contribution is -1.78. The van der Waals surface area contributed by atoms with Crippen molar-refractivity contribution in [1.82, 2.24) is 0 Å². The van der Waals surface area contributed by atoms with Gasteiger partial charge in [0.1, 0.15) is 17.3 Å². The van der Waals surface area contributed by atoms with Crippen LogP contribution in [0.15, 0.2) is 105 Å². The predicted octanol–water partition coefficient (Wildman–Crippen LogP) is 6.90. The third-order valence-corrected chi connectivity index (χ3v) is 4.83. The molecule has 4 aromatic rings. The standard InChI is InChI=1S/C22H15FOS/c23-18-12-7-13-19(14-18)25-21-15-20(16-8-3-1-4-9-16)24-22(21)17-10-5-2-6-11-17/h1-15H. The Bertz CT molecular complexity index is 977. The number of rotatable bonds is 4. The van der Waals surface area contributed by atoms with Crippen LogP contribution in [-0.2, 0) is 0 Å². The van der Waals surface area contributed by atoms with Gasteiger partial charge in [-0.2, -0.15) is 0 Å². The number of benzene rings is 3. The first-order chi connectivity index (χ1) is 12.3. The third kappa shape index (κ3) is 3.52. The highest BCUT2D eigenvalue weighted by molar-refractivity contribution is 7.99. The molecule has 0 aliphatic carbocycles. The van der Waals surface area contributed by atoms with E-state index >= 15 is 0 Å². The van der Waals surface area contributed by atoms with Crippen LogP contribution in [0.2, 0.25) is 0 Å². The van der Waals surface area contributed by atoms with E-state index in [-0.39, 0.29) is 5.82 Å². The second-order valence-electron chi connectivity index (χ2n) is 5.60. The van der Waals surface area contributed by atoms with Gasteiger partial charge in [-0.3, -0.25) is 0 Å². The van der Waals surface area contributed by atoms with Crippen LogP contribution in [0, 0.1) is 5.82 Å². The number of furan rings is 1. The highest BCUT2D eigenvalue weighted by atomic mass is 32.2. The molecule has 122 valence electrons. The Balaban J connectivity index is 1.79. The van der Waals surface area contributed by atoms with Crippen molar-refractivity contribution in [2.45, 2.75) is 9.79 Å². The minimum atomic E-state index is -0.238. The smallest absolute Gasteiger partial charge is 0.148 e. The summed E-state index contributed by atoms with van der Waals surface area (Å²) in [6.07, 6.45) is 0. The molecular formula is C22H15FOS. The van der Waals surface area contributed by atoms with Crippen LogP contribution in [0.4, 0.5) is 4.39 Å². The fraction of sp³-hybridized carbons (Fsp3) is 0. The zero-order chi connectivity index (χ0) is 17.1. The summed E-state index contributed by atoms with van der Waals surface area (Å²) in [7, 11) is 0. The normalized spacial score (nSPS) is 10.8. The maximum Gasteiger partial charge on any atom is 0.148 e. The van der Waals surface area contributed by atoms with Gasteiger partial charge in [0, 0.05) is 16.0 Å². The summed E-state index contributed by atoms with van der Waals surface area (Å²) < 4.78 is 19.7. The van der Waals surface area contributed by atoms with E-state index in [1.807, 2.05) is 72.8 Å². The summed E-state index contributed by atoms with van der Waals surface area (Å²) in [5, 5.41) is 0. The summed E-state index contributed by atoms with van der Waals surface area (Å²) in [6, 6.07) is 28.6. The van der Waals surface area contributed by atoms with Gasteiger partial charge < -0.3 is 4.42 Å². The van der Waals surface area contributed by atoms with Gasteiger partial charge in [-0.05, 0) is 24.3 Å². The van der Waals surface area contributed by atoms with Crippen molar-refractivity contribution in [2.24, 2.45) is 0 Å². The zero-order valence-corrected chi connectivity index (χ0v) is 14.2. The molecule has 0 bridgehead atoms. The summed E-state index contributed by atoms with van der Waals surface area (Å²) >= 11 is 1.50. The first-order valence-corrected chi connectivity index (χ1v) is 8.79. The Morgan fingerprint density at radius 2 is 1.36 bits per heavy atom. The maximum absolute atomic E-state index is 13.5. The molecule has 3 aromatic carbocycles. The van der Waals surface area contributed by atoms with Crippen molar-refractivity contribution in [2.75, 3.05) is 0 Å². The van der Waals surface area contributed by atoms with Crippen LogP contribution in [0.1, 0.15) is 0 Å². The molecule has 0 saturated heterocycles. The second kappa shape index (κ2) is 6.99. The van der Waals surface area contributed by atoms with E-state index in [2.05, 4.69) is 0 Å². The Kier molecular flexibility index (Phi) is 4.40. The van der Waals surface area contributed by atoms with Gasteiger partial charge in [-0.1, -0.05) is 78.5 Å². The van der Waals surface area contributed by atoms with Crippen LogP contribution in [0.25, 0.3) is 22.6 Å². The van der Waals surface area contributed by atoms with Crippen molar-refractivity contribution in [3.8, 4) is 22.6 Å². The van der Waals surface area contributed by atoms with E-state index in [0.29, 0.717) is 0 Å². The quantitative estimate of drug-likeness (QED) is 0.398. The maximum atomic E-state index is 13.5. The highest BCUT2D eigenvalue weighted by Crippen LogP contribution is 2.41. The van der Waals surface area contributed by atoms with Crippen LogP contribution < -0.4 is 0 Å². The van der Waals surface area contributed by atoms with E-state index in [4.69, 9.17) is 4.42 Å². The fourth-order valence-corrected chi connectivity index (χ4v) is 3.63. The molecule has 0 aliphatic heterocycles. The van der Waals surface area contributed by atoms with Gasteiger partial charge in [-0.25, -0.2) is 4.39 Å². The minimum absolute atomic E-state index is 0.238. The van der Waals surface area contributed by atoms with E-state index in [1.54, 1.807) is 6.07 Å². The molecule has 0 aliphatic rings. The van der Waals surface area contributed by atoms with Gasteiger partial charge in [0.05, 0.1) is 4.90 Å². The molecule has 0 spiro atoms. The molecular weight excluding hydrogens is 331 g/mol. The molecule has 0 amide bonds. The molecule has 4 rings (SSSR count). The largest absolute Gasteiger partial charge is 0.455 e. The topological polar surface area (TPSA) is 13.1 Å². The first-order valence-electron chi connectivity index (χ1n) is 7.98. The summed E-state index contributed by atoms with van der Waals surface area (Å²) in [5.41, 5.74) is 2.02. The molecule has 1 nitrogen and oxygen atoms in total. The lowest BCUT2D eigenvalue weighted by Gasteiger charge is -2.03. The molecule has 0 saturated carbocycles. The molecule has 1 heterocycles. The molecule has 3 heteroatoms. The number of hydrogen-bond acceptors (Lipinski definition) is 2. The minimum Gasteiger partial charge on any atom is -0.455 e. The Labute approximate surface area is 150 Å². The van der Waals surface area contributed by atoms with Crippen LogP contribution >= 0.6 is 11.8 Å². The van der Waals surface area contributed by atoms with Gasteiger partial charge >= 0.3 is 0 Å². The summed E-state index contributed by atoms with van der Waals surface area (Å²) in [4.78, 5) is 1.81. The number of halogens is 1. The summed E-state index contributed by atoms with van der Waals surface area (Å²) in [5.74, 6) is 1.37. The van der Waals surface area contributed by atoms with Gasteiger partial charge in [0.15, 0.2) is 0 Å². The van der Waals surface area contributed by atoms with Gasteiger partial charge in [-0.15, -0.1) is 0 Å². The molecule has 0 radical (unpaired) electrons. The van der Waals surface area contributed by atoms with Crippen LogP contribution in [-0.4, -0.2) is 0 Å². The van der Waals surface area contributed by atoms with Crippen LogP contribution in [0.3, 0.4) is 0 Å². The number of hydrogen-bond donors (Lipinski definition) is 0. The van der Waals surface area contributed by atoms with Gasteiger partial charge in [0.2, 0.25) is 0 Å². The van der Waals surface area contributed by atoms with Crippen molar-refractivity contribution < 1.29 is 8.81 Å². The zero-order valence-electron chi connectivity index (χ0n) is 13.4. The Morgan fingerprint density at radius 3 is 2.04 bits per heavy atom. The predicted molar refractivity (Wildman–Crippen MR) is 100 cm³/mol. The Morgan fingerprint density at radius 1 is 0.680 bits per heavy atom. The monoisotopic (exact) mass is 346 g/mol. The first kappa shape index (κ1) is 15.7. The van der Waals surface area contributed by atoms with E-state index in [0.717, 1.165) is 32.4 Å². The van der Waals surface area contributed by atoms with Crippen molar-refractivity contribution in [3.63, 3.8) is 0 Å². The van der Waals surface area contributed by atoms with Crippen LogP contribution in [0.5, 0.6) is 0 Å². The van der Waals surface area contributed by atoms with Gasteiger partial charge in [0.25, 0.3) is 0 Å². The molecule has 0 atom stereocenters. The molecule has 0 fully saturated rings. The third-order valence-electron chi connectivity index (χ3n) is 3.82. The SMILES string of the molecule is Fc1cccc(Sc2cc(-c3ccccc3)oc2-c2ccccc2)c1.